The highest BCUT2D eigenvalue weighted by Gasteiger charge is 2.11. The maximum Gasteiger partial charge on any atom is 0.138 e. The van der Waals surface area contributed by atoms with E-state index in [0.717, 1.165) is 28.3 Å². The van der Waals surface area contributed by atoms with E-state index in [4.69, 9.17) is 5.73 Å². The quantitative estimate of drug-likeness (QED) is 0.770. The molecule has 21 heavy (non-hydrogen) atoms. The van der Waals surface area contributed by atoms with Crippen LogP contribution in [0.2, 0.25) is 0 Å². The van der Waals surface area contributed by atoms with E-state index < -0.39 is 0 Å². The third-order valence-corrected chi connectivity index (χ3v) is 3.47. The summed E-state index contributed by atoms with van der Waals surface area (Å²) in [5.41, 5.74) is 9.82. The molecule has 106 valence electrons. The van der Waals surface area contributed by atoms with Gasteiger partial charge in [0, 0.05) is 28.9 Å². The van der Waals surface area contributed by atoms with Crippen molar-refractivity contribution in [2.45, 2.75) is 13.5 Å². The van der Waals surface area contributed by atoms with E-state index in [1.54, 1.807) is 12.1 Å². The average molecular weight is 281 g/mol. The minimum atomic E-state index is -0.284. The number of hydrogen-bond donors (Lipinski definition) is 2. The monoisotopic (exact) mass is 281 g/mol. The molecule has 0 fully saturated rings. The van der Waals surface area contributed by atoms with Gasteiger partial charge in [0.25, 0.3) is 0 Å². The molecule has 0 aliphatic carbocycles. The lowest BCUT2D eigenvalue weighted by Crippen LogP contribution is -2.00. The molecule has 0 unspecified atom stereocenters. The molecule has 3 N–H and O–H groups in total. The summed E-state index contributed by atoms with van der Waals surface area (Å²) in [6.45, 7) is 2.15. The highest BCUT2D eigenvalue weighted by atomic mass is 19.1. The van der Waals surface area contributed by atoms with Crippen LogP contribution in [0.4, 0.5) is 4.39 Å². The molecule has 0 saturated heterocycles. The van der Waals surface area contributed by atoms with Crippen molar-refractivity contribution in [2.24, 2.45) is 5.73 Å². The summed E-state index contributed by atoms with van der Waals surface area (Å²) in [5, 5.41) is 0. The molecule has 3 rings (SSSR count). The second-order valence-electron chi connectivity index (χ2n) is 4.94. The summed E-state index contributed by atoms with van der Waals surface area (Å²) in [6, 6.07) is 14.8. The highest BCUT2D eigenvalue weighted by Crippen LogP contribution is 2.26. The van der Waals surface area contributed by atoms with Crippen molar-refractivity contribution in [3.8, 4) is 22.6 Å². The van der Waals surface area contributed by atoms with E-state index in [0.29, 0.717) is 5.56 Å². The maximum absolute atomic E-state index is 13.5. The Bertz CT molecular complexity index is 763. The van der Waals surface area contributed by atoms with E-state index in [2.05, 4.69) is 9.97 Å². The van der Waals surface area contributed by atoms with Crippen LogP contribution in [0.1, 0.15) is 11.3 Å². The van der Waals surface area contributed by atoms with Crippen LogP contribution in [-0.4, -0.2) is 9.97 Å². The standard InChI is InChI=1S/C17H16FN3/c1-11-16(12-5-3-2-4-6-12)21-17(20-11)13-7-8-15(18)14(9-13)10-19/h2-9H,10,19H2,1H3,(H,20,21). The largest absolute Gasteiger partial charge is 0.342 e. The number of hydrogen-bond acceptors (Lipinski definition) is 2. The minimum absolute atomic E-state index is 0.172. The number of aromatic nitrogens is 2. The molecule has 0 radical (unpaired) electrons. The van der Waals surface area contributed by atoms with Gasteiger partial charge in [0.1, 0.15) is 11.6 Å². The van der Waals surface area contributed by atoms with Gasteiger partial charge in [0.2, 0.25) is 0 Å². The van der Waals surface area contributed by atoms with Gasteiger partial charge in [-0.3, -0.25) is 0 Å². The second kappa shape index (κ2) is 5.50. The Labute approximate surface area is 122 Å². The van der Waals surface area contributed by atoms with Crippen molar-refractivity contribution < 1.29 is 4.39 Å². The van der Waals surface area contributed by atoms with Crippen LogP contribution < -0.4 is 5.73 Å². The van der Waals surface area contributed by atoms with E-state index >= 15 is 0 Å². The van der Waals surface area contributed by atoms with Gasteiger partial charge in [-0.1, -0.05) is 30.3 Å². The topological polar surface area (TPSA) is 54.7 Å². The van der Waals surface area contributed by atoms with E-state index in [9.17, 15) is 4.39 Å². The summed E-state index contributed by atoms with van der Waals surface area (Å²) in [6.07, 6.45) is 0. The minimum Gasteiger partial charge on any atom is -0.342 e. The van der Waals surface area contributed by atoms with Gasteiger partial charge in [-0.15, -0.1) is 0 Å². The van der Waals surface area contributed by atoms with Gasteiger partial charge in [-0.05, 0) is 25.1 Å². The fourth-order valence-electron chi connectivity index (χ4n) is 2.35. The molecule has 3 nitrogen and oxygen atoms in total. The van der Waals surface area contributed by atoms with Gasteiger partial charge in [0.15, 0.2) is 0 Å². The first-order valence-electron chi connectivity index (χ1n) is 6.80. The Kier molecular flexibility index (Phi) is 3.54. The lowest BCUT2D eigenvalue weighted by molar-refractivity contribution is 0.611. The fourth-order valence-corrected chi connectivity index (χ4v) is 2.35. The van der Waals surface area contributed by atoms with Gasteiger partial charge < -0.3 is 10.7 Å². The Morgan fingerprint density at radius 1 is 1.10 bits per heavy atom. The summed E-state index contributed by atoms with van der Waals surface area (Å²) >= 11 is 0. The zero-order valence-corrected chi connectivity index (χ0v) is 11.7. The van der Waals surface area contributed by atoms with Crippen LogP contribution in [0.15, 0.2) is 48.5 Å². The van der Waals surface area contributed by atoms with Crippen molar-refractivity contribution in [3.05, 3.63) is 65.6 Å². The molecule has 0 aliphatic rings. The Hall–Kier alpha value is -2.46. The number of nitrogens with two attached hydrogens (primary N) is 1. The van der Waals surface area contributed by atoms with Gasteiger partial charge in [-0.2, -0.15) is 0 Å². The molecule has 4 heteroatoms. The Morgan fingerprint density at radius 2 is 1.86 bits per heavy atom. The van der Waals surface area contributed by atoms with Crippen LogP contribution >= 0.6 is 0 Å². The number of rotatable bonds is 3. The lowest BCUT2D eigenvalue weighted by Gasteiger charge is -2.02. The molecule has 1 aromatic heterocycles. The normalized spacial score (nSPS) is 10.8. The number of aromatic amines is 1. The second-order valence-corrected chi connectivity index (χ2v) is 4.94. The van der Waals surface area contributed by atoms with Gasteiger partial charge in [-0.25, -0.2) is 9.37 Å². The molecule has 0 atom stereocenters. The van der Waals surface area contributed by atoms with Crippen LogP contribution in [0.3, 0.4) is 0 Å². The van der Waals surface area contributed by atoms with Crippen molar-refractivity contribution in [1.29, 1.82) is 0 Å². The third-order valence-electron chi connectivity index (χ3n) is 3.47. The molecule has 1 heterocycles. The molecule has 3 aromatic rings. The summed E-state index contributed by atoms with van der Waals surface area (Å²) < 4.78 is 13.5. The smallest absolute Gasteiger partial charge is 0.138 e. The predicted molar refractivity (Wildman–Crippen MR) is 82.0 cm³/mol. The van der Waals surface area contributed by atoms with Gasteiger partial charge >= 0.3 is 0 Å². The number of nitrogens with one attached hydrogen (secondary N) is 1. The van der Waals surface area contributed by atoms with E-state index in [1.165, 1.54) is 6.07 Å². The number of imidazole rings is 1. The predicted octanol–water partition coefficient (Wildman–Crippen LogP) is 3.65. The summed E-state index contributed by atoms with van der Waals surface area (Å²) in [5.74, 6) is 0.439. The fraction of sp³-hybridized carbons (Fsp3) is 0.118. The number of nitrogens with zero attached hydrogens (tertiary/aromatic N) is 1. The summed E-state index contributed by atoms with van der Waals surface area (Å²) in [7, 11) is 0. The molecular formula is C17H16FN3. The third kappa shape index (κ3) is 2.58. The highest BCUT2D eigenvalue weighted by molar-refractivity contribution is 5.67. The number of halogens is 1. The van der Waals surface area contributed by atoms with Crippen LogP contribution in [-0.2, 0) is 6.54 Å². The van der Waals surface area contributed by atoms with Crippen molar-refractivity contribution in [3.63, 3.8) is 0 Å². The number of H-pyrrole nitrogens is 1. The number of benzene rings is 2. The van der Waals surface area contributed by atoms with Crippen molar-refractivity contribution >= 4 is 0 Å². The average Bonchev–Trinajstić information content (AvgIpc) is 2.90. The molecule has 0 spiro atoms. The van der Waals surface area contributed by atoms with Crippen LogP contribution in [0, 0.1) is 12.7 Å². The molecule has 0 saturated carbocycles. The SMILES string of the molecule is Cc1[nH]c(-c2ccc(F)c(CN)c2)nc1-c1ccccc1. The molecule has 0 bridgehead atoms. The Morgan fingerprint density at radius 3 is 2.57 bits per heavy atom. The van der Waals surface area contributed by atoms with Crippen LogP contribution in [0.5, 0.6) is 0 Å². The zero-order valence-electron chi connectivity index (χ0n) is 11.7. The lowest BCUT2D eigenvalue weighted by atomic mass is 10.1. The molecular weight excluding hydrogens is 265 g/mol. The molecule has 0 amide bonds. The first-order valence-corrected chi connectivity index (χ1v) is 6.80. The first kappa shape index (κ1) is 13.5. The molecule has 0 aliphatic heterocycles. The van der Waals surface area contributed by atoms with Crippen molar-refractivity contribution in [2.75, 3.05) is 0 Å². The maximum atomic E-state index is 13.5. The Balaban J connectivity index is 2.05. The van der Waals surface area contributed by atoms with Crippen LogP contribution in [0.25, 0.3) is 22.6 Å². The zero-order chi connectivity index (χ0) is 14.8. The van der Waals surface area contributed by atoms with Gasteiger partial charge in [0.05, 0.1) is 5.69 Å². The molecule has 2 aromatic carbocycles. The summed E-state index contributed by atoms with van der Waals surface area (Å²) in [4.78, 5) is 7.89. The van der Waals surface area contributed by atoms with E-state index in [1.807, 2.05) is 37.3 Å². The first-order chi connectivity index (χ1) is 10.2. The van der Waals surface area contributed by atoms with E-state index in [-0.39, 0.29) is 12.4 Å². The van der Waals surface area contributed by atoms with Crippen molar-refractivity contribution in [1.82, 2.24) is 9.97 Å². The number of aryl methyl sites for hydroxylation is 1.